The van der Waals surface area contributed by atoms with Gasteiger partial charge in [0.2, 0.25) is 0 Å². The minimum absolute atomic E-state index is 0.497. The molecule has 6 nitrogen and oxygen atoms in total. The molecule has 6 heteroatoms. The summed E-state index contributed by atoms with van der Waals surface area (Å²) in [7, 11) is 0. The fourth-order valence-corrected chi connectivity index (χ4v) is 2.23. The fourth-order valence-electron chi connectivity index (χ4n) is 2.23. The van der Waals surface area contributed by atoms with Gasteiger partial charge < -0.3 is 20.9 Å². The smallest absolute Gasteiger partial charge is 0.135 e. The Bertz CT molecular complexity index is 504. The lowest BCUT2D eigenvalue weighted by molar-refractivity contribution is 0.478. The van der Waals surface area contributed by atoms with Gasteiger partial charge in [0.1, 0.15) is 18.0 Å². The number of hydrogen-bond acceptors (Lipinski definition) is 5. The van der Waals surface area contributed by atoms with Crippen LogP contribution in [0.4, 0.5) is 17.3 Å². The summed E-state index contributed by atoms with van der Waals surface area (Å²) in [6.07, 6.45) is 7.60. The maximum Gasteiger partial charge on any atom is 0.135 e. The highest BCUT2D eigenvalue weighted by Crippen LogP contribution is 2.17. The Morgan fingerprint density at radius 2 is 2.00 bits per heavy atom. The maximum absolute atomic E-state index is 4.27. The van der Waals surface area contributed by atoms with Crippen LogP contribution in [0.15, 0.2) is 30.9 Å². The Kier molecular flexibility index (Phi) is 3.60. The molecular formula is C13H18N6. The zero-order chi connectivity index (χ0) is 12.9. The fraction of sp³-hybridized carbons (Fsp3) is 0.385. The van der Waals surface area contributed by atoms with Crippen LogP contribution in [-0.2, 0) is 0 Å². The predicted molar refractivity (Wildman–Crippen MR) is 75.6 cm³/mol. The number of aromatic nitrogens is 3. The summed E-state index contributed by atoms with van der Waals surface area (Å²) in [6, 6.07) is 4.40. The number of rotatable bonds is 4. The Labute approximate surface area is 112 Å². The van der Waals surface area contributed by atoms with E-state index < -0.39 is 0 Å². The van der Waals surface area contributed by atoms with E-state index in [4.69, 9.17) is 0 Å². The van der Waals surface area contributed by atoms with E-state index in [0.29, 0.717) is 6.04 Å². The molecule has 0 aromatic carbocycles. The SMILES string of the molecule is c1nc(Nc2cc[nH]c2)cc(NC2CCNCC2)n1. The van der Waals surface area contributed by atoms with Crippen LogP contribution in [0.2, 0.25) is 0 Å². The monoisotopic (exact) mass is 258 g/mol. The second kappa shape index (κ2) is 5.71. The van der Waals surface area contributed by atoms with E-state index >= 15 is 0 Å². The Balaban J connectivity index is 1.65. The number of H-pyrrole nitrogens is 1. The molecule has 0 saturated carbocycles. The molecule has 2 aromatic heterocycles. The zero-order valence-electron chi connectivity index (χ0n) is 10.7. The third-order valence-electron chi connectivity index (χ3n) is 3.23. The molecule has 2 aromatic rings. The van der Waals surface area contributed by atoms with Crippen molar-refractivity contribution in [1.29, 1.82) is 0 Å². The van der Waals surface area contributed by atoms with Gasteiger partial charge in [0, 0.05) is 24.5 Å². The van der Waals surface area contributed by atoms with Crippen molar-refractivity contribution >= 4 is 17.3 Å². The van der Waals surface area contributed by atoms with Gasteiger partial charge in [-0.1, -0.05) is 0 Å². The number of hydrogen-bond donors (Lipinski definition) is 4. The topological polar surface area (TPSA) is 77.7 Å². The zero-order valence-corrected chi connectivity index (χ0v) is 10.7. The molecule has 0 bridgehead atoms. The first-order valence-corrected chi connectivity index (χ1v) is 6.59. The van der Waals surface area contributed by atoms with Gasteiger partial charge in [0.25, 0.3) is 0 Å². The van der Waals surface area contributed by atoms with Gasteiger partial charge in [0.05, 0.1) is 5.69 Å². The summed E-state index contributed by atoms with van der Waals surface area (Å²) in [4.78, 5) is 11.5. The largest absolute Gasteiger partial charge is 0.367 e. The van der Waals surface area contributed by atoms with Crippen molar-refractivity contribution in [1.82, 2.24) is 20.3 Å². The van der Waals surface area contributed by atoms with E-state index in [1.165, 1.54) is 0 Å². The molecule has 3 heterocycles. The standard InChI is InChI=1S/C13H18N6/c1-4-14-5-2-10(1)18-12-7-13(17-9-16-12)19-11-3-6-15-8-11/h3,6-10,14-15H,1-2,4-5H2,(H2,16,17,18,19). The lowest BCUT2D eigenvalue weighted by Crippen LogP contribution is -2.35. The lowest BCUT2D eigenvalue weighted by atomic mass is 10.1. The molecule has 1 aliphatic rings. The van der Waals surface area contributed by atoms with Crippen LogP contribution in [-0.4, -0.2) is 34.1 Å². The molecule has 4 N–H and O–H groups in total. The third-order valence-corrected chi connectivity index (χ3v) is 3.23. The van der Waals surface area contributed by atoms with Gasteiger partial charge in [-0.05, 0) is 32.0 Å². The van der Waals surface area contributed by atoms with Gasteiger partial charge in [-0.25, -0.2) is 9.97 Å². The van der Waals surface area contributed by atoms with Gasteiger partial charge in [-0.3, -0.25) is 0 Å². The molecule has 0 amide bonds. The van der Waals surface area contributed by atoms with Crippen LogP contribution in [0.5, 0.6) is 0 Å². The van der Waals surface area contributed by atoms with Gasteiger partial charge in [0.15, 0.2) is 0 Å². The van der Waals surface area contributed by atoms with E-state index in [0.717, 1.165) is 43.3 Å². The van der Waals surface area contributed by atoms with E-state index in [1.807, 2.05) is 24.5 Å². The Hall–Kier alpha value is -2.08. The number of piperidine rings is 1. The summed E-state index contributed by atoms with van der Waals surface area (Å²) >= 11 is 0. The Morgan fingerprint density at radius 1 is 1.16 bits per heavy atom. The summed E-state index contributed by atoms with van der Waals surface area (Å²) in [5.41, 5.74) is 0.992. The Morgan fingerprint density at radius 3 is 2.79 bits per heavy atom. The molecule has 0 radical (unpaired) electrons. The summed E-state index contributed by atoms with van der Waals surface area (Å²) in [6.45, 7) is 2.13. The third kappa shape index (κ3) is 3.23. The molecule has 0 unspecified atom stereocenters. The lowest BCUT2D eigenvalue weighted by Gasteiger charge is -2.24. The summed E-state index contributed by atoms with van der Waals surface area (Å²) in [5, 5.41) is 10.0. The van der Waals surface area contributed by atoms with Crippen LogP contribution in [0, 0.1) is 0 Å². The van der Waals surface area contributed by atoms with Crippen molar-refractivity contribution in [3.05, 3.63) is 30.9 Å². The summed E-state index contributed by atoms with van der Waals surface area (Å²) < 4.78 is 0. The molecule has 100 valence electrons. The molecule has 0 atom stereocenters. The first kappa shape index (κ1) is 12.0. The van der Waals surface area contributed by atoms with E-state index in [-0.39, 0.29) is 0 Å². The molecule has 1 saturated heterocycles. The van der Waals surface area contributed by atoms with Crippen LogP contribution >= 0.6 is 0 Å². The van der Waals surface area contributed by atoms with Crippen LogP contribution in [0.1, 0.15) is 12.8 Å². The van der Waals surface area contributed by atoms with Gasteiger partial charge in [-0.2, -0.15) is 0 Å². The minimum atomic E-state index is 0.497. The van der Waals surface area contributed by atoms with Crippen LogP contribution in [0.25, 0.3) is 0 Å². The van der Waals surface area contributed by atoms with Crippen LogP contribution < -0.4 is 16.0 Å². The van der Waals surface area contributed by atoms with Crippen LogP contribution in [0.3, 0.4) is 0 Å². The molecule has 0 aliphatic carbocycles. The average Bonchev–Trinajstić information content (AvgIpc) is 2.93. The quantitative estimate of drug-likeness (QED) is 0.671. The normalized spacial score (nSPS) is 16.2. The first-order valence-electron chi connectivity index (χ1n) is 6.59. The highest BCUT2D eigenvalue weighted by Gasteiger charge is 2.13. The predicted octanol–water partition coefficient (Wildman–Crippen LogP) is 1.71. The number of aromatic amines is 1. The number of nitrogens with one attached hydrogen (secondary N) is 4. The van der Waals surface area contributed by atoms with Gasteiger partial charge in [-0.15, -0.1) is 0 Å². The molecule has 1 aliphatic heterocycles. The first-order chi connectivity index (χ1) is 9.40. The van der Waals surface area contributed by atoms with Crippen molar-refractivity contribution in [3.8, 4) is 0 Å². The second-order valence-corrected chi connectivity index (χ2v) is 4.68. The van der Waals surface area contributed by atoms with E-state index in [1.54, 1.807) is 6.33 Å². The number of anilines is 3. The minimum Gasteiger partial charge on any atom is -0.367 e. The van der Waals surface area contributed by atoms with Crippen molar-refractivity contribution < 1.29 is 0 Å². The van der Waals surface area contributed by atoms with Crippen molar-refractivity contribution in [3.63, 3.8) is 0 Å². The second-order valence-electron chi connectivity index (χ2n) is 4.68. The van der Waals surface area contributed by atoms with E-state index in [9.17, 15) is 0 Å². The van der Waals surface area contributed by atoms with Crippen molar-refractivity contribution in [2.24, 2.45) is 0 Å². The van der Waals surface area contributed by atoms with Gasteiger partial charge >= 0.3 is 0 Å². The molecule has 0 spiro atoms. The highest BCUT2D eigenvalue weighted by molar-refractivity contribution is 5.58. The maximum atomic E-state index is 4.27. The highest BCUT2D eigenvalue weighted by atomic mass is 15.1. The molecule has 19 heavy (non-hydrogen) atoms. The number of nitrogens with zero attached hydrogens (tertiary/aromatic N) is 2. The van der Waals surface area contributed by atoms with Crippen molar-refractivity contribution in [2.45, 2.75) is 18.9 Å². The molecular weight excluding hydrogens is 240 g/mol. The summed E-state index contributed by atoms with van der Waals surface area (Å²) in [5.74, 6) is 1.67. The van der Waals surface area contributed by atoms with E-state index in [2.05, 4.69) is 30.9 Å². The molecule has 3 rings (SSSR count). The average molecular weight is 258 g/mol. The molecule has 1 fully saturated rings. The van der Waals surface area contributed by atoms with Crippen molar-refractivity contribution in [2.75, 3.05) is 23.7 Å².